The molecule has 0 bridgehead atoms. The van der Waals surface area contributed by atoms with Crippen molar-refractivity contribution in [1.82, 2.24) is 5.32 Å². The Hall–Kier alpha value is -1.55. The molecule has 0 aromatic heterocycles. The van der Waals surface area contributed by atoms with Crippen LogP contribution in [0.25, 0.3) is 0 Å². The molecular weight excluding hydrogens is 242 g/mol. The number of hydrogen-bond donors (Lipinski definition) is 1. The number of rotatable bonds is 6. The standard InChI is InChI=1S/C15H23NO3/c1-11(16-4)12-8-6-7-9-13(12)19-10-15(2,3)14(17)18-5/h6-9,11,16H,10H2,1-5H3. The zero-order valence-corrected chi connectivity index (χ0v) is 12.3. The third kappa shape index (κ3) is 3.96. The summed E-state index contributed by atoms with van der Waals surface area (Å²) in [4.78, 5) is 11.6. The van der Waals surface area contributed by atoms with Gasteiger partial charge in [0.1, 0.15) is 12.4 Å². The van der Waals surface area contributed by atoms with Gasteiger partial charge in [-0.05, 0) is 33.9 Å². The quantitative estimate of drug-likeness (QED) is 0.803. The number of nitrogens with one attached hydrogen (secondary N) is 1. The fourth-order valence-electron chi connectivity index (χ4n) is 1.72. The summed E-state index contributed by atoms with van der Waals surface area (Å²) in [5.74, 6) is 0.521. The SMILES string of the molecule is CNC(C)c1ccccc1OCC(C)(C)C(=O)OC. The number of para-hydroxylation sites is 1. The first-order valence-electron chi connectivity index (χ1n) is 6.39. The van der Waals surface area contributed by atoms with Crippen LogP contribution in [0.2, 0.25) is 0 Å². The molecule has 106 valence electrons. The van der Waals surface area contributed by atoms with Crippen LogP contribution >= 0.6 is 0 Å². The Morgan fingerprint density at radius 3 is 2.58 bits per heavy atom. The van der Waals surface area contributed by atoms with Gasteiger partial charge in [-0.2, -0.15) is 0 Å². The number of carbonyl (C=O) groups excluding carboxylic acids is 1. The largest absolute Gasteiger partial charge is 0.492 e. The van der Waals surface area contributed by atoms with Crippen LogP contribution in [0.5, 0.6) is 5.75 Å². The summed E-state index contributed by atoms with van der Waals surface area (Å²) in [7, 11) is 3.29. The lowest BCUT2D eigenvalue weighted by Crippen LogP contribution is -2.32. The maximum atomic E-state index is 11.6. The number of carbonyl (C=O) groups is 1. The topological polar surface area (TPSA) is 47.6 Å². The summed E-state index contributed by atoms with van der Waals surface area (Å²) in [5, 5.41) is 3.18. The fourth-order valence-corrected chi connectivity index (χ4v) is 1.72. The smallest absolute Gasteiger partial charge is 0.314 e. The molecule has 0 aliphatic heterocycles. The molecule has 1 unspecified atom stereocenters. The summed E-state index contributed by atoms with van der Waals surface area (Å²) < 4.78 is 10.6. The second-order valence-corrected chi connectivity index (χ2v) is 5.21. The molecule has 4 nitrogen and oxygen atoms in total. The molecule has 4 heteroatoms. The summed E-state index contributed by atoms with van der Waals surface area (Å²) in [5.41, 5.74) is 0.413. The second-order valence-electron chi connectivity index (χ2n) is 5.21. The Bertz CT molecular complexity index is 429. The molecule has 1 aromatic carbocycles. The normalized spacial score (nSPS) is 12.9. The summed E-state index contributed by atoms with van der Waals surface area (Å²) >= 11 is 0. The molecular formula is C15H23NO3. The van der Waals surface area contributed by atoms with E-state index in [1.54, 1.807) is 0 Å². The fraction of sp³-hybridized carbons (Fsp3) is 0.533. The lowest BCUT2D eigenvalue weighted by Gasteiger charge is -2.23. The molecule has 0 aliphatic carbocycles. The Labute approximate surface area is 115 Å². The predicted octanol–water partition coefficient (Wildman–Crippen LogP) is 2.55. The molecule has 1 N–H and O–H groups in total. The van der Waals surface area contributed by atoms with Crippen molar-refractivity contribution >= 4 is 5.97 Å². The third-order valence-electron chi connectivity index (χ3n) is 3.15. The van der Waals surface area contributed by atoms with Gasteiger partial charge in [0, 0.05) is 11.6 Å². The second kappa shape index (κ2) is 6.57. The van der Waals surface area contributed by atoms with E-state index < -0.39 is 5.41 Å². The van der Waals surface area contributed by atoms with Gasteiger partial charge < -0.3 is 14.8 Å². The van der Waals surface area contributed by atoms with E-state index in [9.17, 15) is 4.79 Å². The molecule has 0 saturated carbocycles. The minimum atomic E-state index is -0.662. The molecule has 0 aliphatic rings. The Morgan fingerprint density at radius 1 is 1.37 bits per heavy atom. The Kier molecular flexibility index (Phi) is 5.36. The van der Waals surface area contributed by atoms with Crippen LogP contribution in [-0.2, 0) is 9.53 Å². The van der Waals surface area contributed by atoms with E-state index in [-0.39, 0.29) is 18.6 Å². The van der Waals surface area contributed by atoms with Crippen LogP contribution in [0, 0.1) is 5.41 Å². The van der Waals surface area contributed by atoms with E-state index in [2.05, 4.69) is 12.2 Å². The lowest BCUT2D eigenvalue weighted by molar-refractivity contribution is -0.152. The van der Waals surface area contributed by atoms with E-state index in [1.165, 1.54) is 7.11 Å². The van der Waals surface area contributed by atoms with Gasteiger partial charge in [-0.3, -0.25) is 4.79 Å². The van der Waals surface area contributed by atoms with E-state index in [0.29, 0.717) is 0 Å². The van der Waals surface area contributed by atoms with Crippen molar-refractivity contribution in [2.24, 2.45) is 5.41 Å². The molecule has 0 heterocycles. The molecule has 1 aromatic rings. The molecule has 0 radical (unpaired) electrons. The molecule has 0 amide bonds. The van der Waals surface area contributed by atoms with Crippen molar-refractivity contribution in [3.05, 3.63) is 29.8 Å². The Morgan fingerprint density at radius 2 is 2.00 bits per heavy atom. The average molecular weight is 265 g/mol. The van der Waals surface area contributed by atoms with Crippen molar-refractivity contribution < 1.29 is 14.3 Å². The first kappa shape index (κ1) is 15.5. The van der Waals surface area contributed by atoms with Gasteiger partial charge >= 0.3 is 5.97 Å². The van der Waals surface area contributed by atoms with Gasteiger partial charge in [0.05, 0.1) is 12.5 Å². The number of ether oxygens (including phenoxy) is 2. The molecule has 0 saturated heterocycles. The highest BCUT2D eigenvalue weighted by molar-refractivity contribution is 5.75. The van der Waals surface area contributed by atoms with Gasteiger partial charge in [0.15, 0.2) is 0 Å². The van der Waals surface area contributed by atoms with E-state index >= 15 is 0 Å². The highest BCUT2D eigenvalue weighted by Crippen LogP contribution is 2.27. The average Bonchev–Trinajstić information content (AvgIpc) is 2.43. The van der Waals surface area contributed by atoms with Crippen LogP contribution in [-0.4, -0.2) is 26.7 Å². The van der Waals surface area contributed by atoms with Crippen molar-refractivity contribution in [3.63, 3.8) is 0 Å². The van der Waals surface area contributed by atoms with Crippen LogP contribution in [0.3, 0.4) is 0 Å². The van der Waals surface area contributed by atoms with Gasteiger partial charge in [0.25, 0.3) is 0 Å². The van der Waals surface area contributed by atoms with Gasteiger partial charge in [-0.15, -0.1) is 0 Å². The highest BCUT2D eigenvalue weighted by Gasteiger charge is 2.30. The van der Waals surface area contributed by atoms with E-state index in [1.807, 2.05) is 45.2 Å². The third-order valence-corrected chi connectivity index (χ3v) is 3.15. The number of esters is 1. The number of benzene rings is 1. The number of hydrogen-bond acceptors (Lipinski definition) is 4. The van der Waals surface area contributed by atoms with Crippen molar-refractivity contribution in [3.8, 4) is 5.75 Å². The van der Waals surface area contributed by atoms with Crippen molar-refractivity contribution in [2.45, 2.75) is 26.8 Å². The summed E-state index contributed by atoms with van der Waals surface area (Å²) in [6, 6.07) is 8.02. The molecule has 1 rings (SSSR count). The zero-order valence-electron chi connectivity index (χ0n) is 12.3. The van der Waals surface area contributed by atoms with Gasteiger partial charge in [0.2, 0.25) is 0 Å². The van der Waals surface area contributed by atoms with E-state index in [4.69, 9.17) is 9.47 Å². The van der Waals surface area contributed by atoms with Crippen LogP contribution in [0.4, 0.5) is 0 Å². The minimum absolute atomic E-state index is 0.192. The molecule has 0 fully saturated rings. The molecule has 19 heavy (non-hydrogen) atoms. The number of methoxy groups -OCH3 is 1. The van der Waals surface area contributed by atoms with Crippen LogP contribution in [0.15, 0.2) is 24.3 Å². The van der Waals surface area contributed by atoms with Crippen LogP contribution < -0.4 is 10.1 Å². The first-order valence-corrected chi connectivity index (χ1v) is 6.39. The van der Waals surface area contributed by atoms with Gasteiger partial charge in [-0.1, -0.05) is 18.2 Å². The molecule has 1 atom stereocenters. The van der Waals surface area contributed by atoms with E-state index in [0.717, 1.165) is 11.3 Å². The first-order chi connectivity index (χ1) is 8.92. The monoisotopic (exact) mass is 265 g/mol. The predicted molar refractivity (Wildman–Crippen MR) is 75.2 cm³/mol. The highest BCUT2D eigenvalue weighted by atomic mass is 16.5. The minimum Gasteiger partial charge on any atom is -0.492 e. The van der Waals surface area contributed by atoms with Crippen molar-refractivity contribution in [1.29, 1.82) is 0 Å². The maximum absolute atomic E-state index is 11.6. The van der Waals surface area contributed by atoms with Crippen molar-refractivity contribution in [2.75, 3.05) is 20.8 Å². The maximum Gasteiger partial charge on any atom is 0.314 e. The molecule has 0 spiro atoms. The summed E-state index contributed by atoms with van der Waals surface area (Å²) in [6.45, 7) is 5.96. The zero-order chi connectivity index (χ0) is 14.5. The van der Waals surface area contributed by atoms with Gasteiger partial charge in [-0.25, -0.2) is 0 Å². The summed E-state index contributed by atoms with van der Waals surface area (Å²) in [6.07, 6.45) is 0. The Balaban J connectivity index is 2.81. The van der Waals surface area contributed by atoms with Crippen LogP contribution in [0.1, 0.15) is 32.4 Å². The lowest BCUT2D eigenvalue weighted by atomic mass is 9.95.